The smallest absolute Gasteiger partial charge is 0.336 e. The van der Waals surface area contributed by atoms with Gasteiger partial charge in [0.1, 0.15) is 11.5 Å². The van der Waals surface area contributed by atoms with Gasteiger partial charge in [0, 0.05) is 6.08 Å². The first-order valence-corrected chi connectivity index (χ1v) is 7.23. The monoisotopic (exact) mass is 296 g/mol. The fourth-order valence-corrected chi connectivity index (χ4v) is 2.07. The summed E-state index contributed by atoms with van der Waals surface area (Å²) in [5.74, 6) is 1.31. The molecule has 2 rings (SSSR count). The van der Waals surface area contributed by atoms with Gasteiger partial charge in [-0.05, 0) is 41.3 Å². The fraction of sp³-hybridized carbons (Fsp3) is 0.211. The number of methoxy groups -OCH3 is 1. The Bertz CT molecular complexity index is 655. The molecule has 2 aromatic carbocycles. The summed E-state index contributed by atoms with van der Waals surface area (Å²) < 4.78 is 10.5. The predicted molar refractivity (Wildman–Crippen MR) is 88.2 cm³/mol. The van der Waals surface area contributed by atoms with E-state index in [-0.39, 0.29) is 5.97 Å². The summed E-state index contributed by atoms with van der Waals surface area (Å²) in [5, 5.41) is 0. The van der Waals surface area contributed by atoms with Gasteiger partial charge >= 0.3 is 5.97 Å². The van der Waals surface area contributed by atoms with Crippen LogP contribution < -0.4 is 9.47 Å². The van der Waals surface area contributed by atoms with Crippen molar-refractivity contribution in [3.05, 3.63) is 65.7 Å². The number of esters is 1. The number of benzene rings is 2. The molecule has 0 radical (unpaired) electrons. The number of ether oxygens (including phenoxy) is 2. The zero-order chi connectivity index (χ0) is 15.9. The highest BCUT2D eigenvalue weighted by Crippen LogP contribution is 2.26. The largest absolute Gasteiger partial charge is 0.497 e. The minimum Gasteiger partial charge on any atom is -0.497 e. The van der Waals surface area contributed by atoms with Crippen LogP contribution in [0, 0.1) is 0 Å². The first kappa shape index (κ1) is 15.8. The van der Waals surface area contributed by atoms with E-state index in [0.717, 1.165) is 16.9 Å². The lowest BCUT2D eigenvalue weighted by atomic mass is 10.0. The van der Waals surface area contributed by atoms with Crippen LogP contribution in [0.15, 0.2) is 54.6 Å². The normalized spacial score (nSPS) is 10.9. The summed E-state index contributed by atoms with van der Waals surface area (Å²) in [7, 11) is 1.62. The number of para-hydroxylation sites is 1. The second-order valence-corrected chi connectivity index (χ2v) is 5.22. The molecule has 0 N–H and O–H groups in total. The van der Waals surface area contributed by atoms with E-state index in [1.54, 1.807) is 13.2 Å². The van der Waals surface area contributed by atoms with E-state index in [4.69, 9.17) is 9.47 Å². The second kappa shape index (κ2) is 7.46. The van der Waals surface area contributed by atoms with E-state index in [1.807, 2.05) is 48.5 Å². The molecule has 0 bridgehead atoms. The fourth-order valence-electron chi connectivity index (χ4n) is 2.07. The maximum atomic E-state index is 11.9. The molecule has 114 valence electrons. The molecule has 0 spiro atoms. The number of rotatable bonds is 5. The van der Waals surface area contributed by atoms with Crippen molar-refractivity contribution in [2.75, 3.05) is 7.11 Å². The lowest BCUT2D eigenvalue weighted by molar-refractivity contribution is -0.128. The highest BCUT2D eigenvalue weighted by atomic mass is 16.5. The SMILES string of the molecule is COc1ccc(/C=C/C(=O)Oc2ccccc2C(C)C)cc1. The van der Waals surface area contributed by atoms with E-state index < -0.39 is 0 Å². The van der Waals surface area contributed by atoms with Crippen LogP contribution >= 0.6 is 0 Å². The molecule has 0 unspecified atom stereocenters. The number of hydrogen-bond donors (Lipinski definition) is 0. The zero-order valence-corrected chi connectivity index (χ0v) is 13.1. The lowest BCUT2D eigenvalue weighted by Crippen LogP contribution is -2.06. The van der Waals surface area contributed by atoms with Gasteiger partial charge in [-0.2, -0.15) is 0 Å². The molecular weight excluding hydrogens is 276 g/mol. The first-order valence-electron chi connectivity index (χ1n) is 7.23. The summed E-state index contributed by atoms with van der Waals surface area (Å²) in [5.41, 5.74) is 1.93. The minimum atomic E-state index is -0.385. The van der Waals surface area contributed by atoms with Crippen LogP contribution in [-0.4, -0.2) is 13.1 Å². The number of carbonyl (C=O) groups is 1. The lowest BCUT2D eigenvalue weighted by Gasteiger charge is -2.11. The molecule has 0 aliphatic carbocycles. The van der Waals surface area contributed by atoms with Crippen LogP contribution in [0.5, 0.6) is 11.5 Å². The van der Waals surface area contributed by atoms with Crippen molar-refractivity contribution >= 4 is 12.0 Å². The summed E-state index contributed by atoms with van der Waals surface area (Å²) in [6, 6.07) is 15.0. The molecular formula is C19H20O3. The number of hydrogen-bond acceptors (Lipinski definition) is 3. The maximum absolute atomic E-state index is 11.9. The maximum Gasteiger partial charge on any atom is 0.336 e. The van der Waals surface area contributed by atoms with Gasteiger partial charge in [-0.1, -0.05) is 44.2 Å². The summed E-state index contributed by atoms with van der Waals surface area (Å²) in [6.07, 6.45) is 3.15. The standard InChI is InChI=1S/C19H20O3/c1-14(2)17-6-4-5-7-18(17)22-19(20)13-10-15-8-11-16(21-3)12-9-15/h4-14H,1-3H3/b13-10+. The van der Waals surface area contributed by atoms with Crippen molar-refractivity contribution in [2.24, 2.45) is 0 Å². The molecule has 0 aromatic heterocycles. The zero-order valence-electron chi connectivity index (χ0n) is 13.1. The molecule has 0 atom stereocenters. The Morgan fingerprint density at radius 2 is 1.73 bits per heavy atom. The average Bonchev–Trinajstić information content (AvgIpc) is 2.53. The molecule has 3 nitrogen and oxygen atoms in total. The molecule has 0 aliphatic rings. The van der Waals surface area contributed by atoms with Crippen LogP contribution in [0.2, 0.25) is 0 Å². The van der Waals surface area contributed by atoms with Crippen molar-refractivity contribution in [1.82, 2.24) is 0 Å². The summed E-state index contributed by atoms with van der Waals surface area (Å²) in [6.45, 7) is 4.14. The number of carbonyl (C=O) groups excluding carboxylic acids is 1. The summed E-state index contributed by atoms with van der Waals surface area (Å²) >= 11 is 0. The van der Waals surface area contributed by atoms with Gasteiger partial charge in [0.2, 0.25) is 0 Å². The van der Waals surface area contributed by atoms with E-state index in [0.29, 0.717) is 11.7 Å². The molecule has 0 saturated carbocycles. The Kier molecular flexibility index (Phi) is 5.37. The molecule has 0 amide bonds. The third-order valence-corrected chi connectivity index (χ3v) is 3.28. The van der Waals surface area contributed by atoms with Crippen LogP contribution in [0.25, 0.3) is 6.08 Å². The van der Waals surface area contributed by atoms with Gasteiger partial charge in [0.15, 0.2) is 0 Å². The molecule has 0 fully saturated rings. The van der Waals surface area contributed by atoms with Crippen molar-refractivity contribution < 1.29 is 14.3 Å². The highest BCUT2D eigenvalue weighted by Gasteiger charge is 2.09. The third-order valence-electron chi connectivity index (χ3n) is 3.28. The highest BCUT2D eigenvalue weighted by molar-refractivity contribution is 5.88. The van der Waals surface area contributed by atoms with Gasteiger partial charge in [-0.25, -0.2) is 4.79 Å². The molecule has 2 aromatic rings. The van der Waals surface area contributed by atoms with Crippen molar-refractivity contribution in [2.45, 2.75) is 19.8 Å². The molecule has 22 heavy (non-hydrogen) atoms. The van der Waals surface area contributed by atoms with Gasteiger partial charge in [0.25, 0.3) is 0 Å². The van der Waals surface area contributed by atoms with Crippen LogP contribution in [0.4, 0.5) is 0 Å². The van der Waals surface area contributed by atoms with Gasteiger partial charge in [-0.15, -0.1) is 0 Å². The van der Waals surface area contributed by atoms with Crippen molar-refractivity contribution in [3.8, 4) is 11.5 Å². The van der Waals surface area contributed by atoms with E-state index in [1.165, 1.54) is 6.08 Å². The second-order valence-electron chi connectivity index (χ2n) is 5.22. The molecule has 0 aliphatic heterocycles. The Labute approximate surface area is 131 Å². The van der Waals surface area contributed by atoms with Gasteiger partial charge in [-0.3, -0.25) is 0 Å². The van der Waals surface area contributed by atoms with Crippen LogP contribution in [-0.2, 0) is 4.79 Å². The average molecular weight is 296 g/mol. The molecule has 3 heteroatoms. The van der Waals surface area contributed by atoms with Crippen molar-refractivity contribution in [3.63, 3.8) is 0 Å². The molecule has 0 heterocycles. The molecule has 0 saturated heterocycles. The predicted octanol–water partition coefficient (Wildman–Crippen LogP) is 4.44. The topological polar surface area (TPSA) is 35.5 Å². The van der Waals surface area contributed by atoms with Crippen molar-refractivity contribution in [1.29, 1.82) is 0 Å². The van der Waals surface area contributed by atoms with E-state index >= 15 is 0 Å². The van der Waals surface area contributed by atoms with Gasteiger partial charge in [0.05, 0.1) is 7.11 Å². The Hall–Kier alpha value is -2.55. The Morgan fingerprint density at radius 1 is 1.05 bits per heavy atom. The van der Waals surface area contributed by atoms with E-state index in [2.05, 4.69) is 13.8 Å². The summed E-state index contributed by atoms with van der Waals surface area (Å²) in [4.78, 5) is 11.9. The minimum absolute atomic E-state index is 0.301. The van der Waals surface area contributed by atoms with Gasteiger partial charge < -0.3 is 9.47 Å². The quantitative estimate of drug-likeness (QED) is 0.465. The van der Waals surface area contributed by atoms with E-state index in [9.17, 15) is 4.79 Å². The van der Waals surface area contributed by atoms with Crippen LogP contribution in [0.1, 0.15) is 30.9 Å². The third kappa shape index (κ3) is 4.22. The Balaban J connectivity index is 2.05. The Morgan fingerprint density at radius 3 is 2.36 bits per heavy atom. The van der Waals surface area contributed by atoms with Crippen LogP contribution in [0.3, 0.4) is 0 Å². The first-order chi connectivity index (χ1) is 10.6.